The van der Waals surface area contributed by atoms with Crippen LogP contribution in [0.1, 0.15) is 18.1 Å². The highest BCUT2D eigenvalue weighted by Crippen LogP contribution is 2.17. The lowest BCUT2D eigenvalue weighted by Crippen LogP contribution is -2.18. The van der Waals surface area contributed by atoms with E-state index in [0.717, 1.165) is 17.7 Å². The van der Waals surface area contributed by atoms with Gasteiger partial charge in [-0.15, -0.1) is 0 Å². The Morgan fingerprint density at radius 3 is 2.67 bits per heavy atom. The Bertz CT molecular complexity index is 511. The zero-order chi connectivity index (χ0) is 13.0. The van der Waals surface area contributed by atoms with Crippen LogP contribution < -0.4 is 5.32 Å². The molecule has 0 radical (unpaired) electrons. The quantitative estimate of drug-likeness (QED) is 0.838. The number of hydrogen-bond donors (Lipinski definition) is 1. The van der Waals surface area contributed by atoms with Crippen LogP contribution in [0.3, 0.4) is 0 Å². The Balaban J connectivity index is 1.99. The summed E-state index contributed by atoms with van der Waals surface area (Å²) in [6.45, 7) is 4.12. The third-order valence-corrected chi connectivity index (χ3v) is 3.21. The predicted molar refractivity (Wildman–Crippen MR) is 77.2 cm³/mol. The second-order valence-electron chi connectivity index (χ2n) is 4.57. The van der Waals surface area contributed by atoms with Crippen molar-refractivity contribution < 1.29 is 0 Å². The average molecular weight is 261 g/mol. The molecular formula is C15H17ClN2. The van der Waals surface area contributed by atoms with Crippen molar-refractivity contribution in [2.24, 2.45) is 0 Å². The van der Waals surface area contributed by atoms with Crippen LogP contribution in [0.2, 0.25) is 5.15 Å². The second-order valence-corrected chi connectivity index (χ2v) is 4.92. The van der Waals surface area contributed by atoms with E-state index in [0.29, 0.717) is 11.2 Å². The molecule has 1 aromatic carbocycles. The number of aromatic nitrogens is 1. The standard InChI is InChI=1S/C15H17ClN2/c1-11-8-14(10-17-15(11)16)18-12(2)9-13-6-4-3-5-7-13/h3-8,10,12,18H,9H2,1-2H3. The first-order valence-corrected chi connectivity index (χ1v) is 6.45. The van der Waals surface area contributed by atoms with Gasteiger partial charge in [-0.3, -0.25) is 0 Å². The molecule has 1 unspecified atom stereocenters. The molecule has 1 aromatic heterocycles. The highest BCUT2D eigenvalue weighted by molar-refractivity contribution is 6.30. The fourth-order valence-electron chi connectivity index (χ4n) is 1.94. The number of benzene rings is 1. The van der Waals surface area contributed by atoms with Gasteiger partial charge >= 0.3 is 0 Å². The normalized spacial score (nSPS) is 12.2. The summed E-state index contributed by atoms with van der Waals surface area (Å²) in [5.74, 6) is 0. The number of aryl methyl sites for hydroxylation is 1. The largest absolute Gasteiger partial charge is 0.381 e. The number of rotatable bonds is 4. The number of halogens is 1. The molecule has 1 atom stereocenters. The minimum Gasteiger partial charge on any atom is -0.381 e. The molecule has 0 saturated heterocycles. The molecule has 0 spiro atoms. The van der Waals surface area contributed by atoms with Gasteiger partial charge < -0.3 is 5.32 Å². The summed E-state index contributed by atoms with van der Waals surface area (Å²) in [7, 11) is 0. The zero-order valence-corrected chi connectivity index (χ0v) is 11.4. The lowest BCUT2D eigenvalue weighted by Gasteiger charge is -2.15. The summed E-state index contributed by atoms with van der Waals surface area (Å²) in [4.78, 5) is 4.14. The molecule has 1 N–H and O–H groups in total. The van der Waals surface area contributed by atoms with Gasteiger partial charge in [0, 0.05) is 6.04 Å². The zero-order valence-electron chi connectivity index (χ0n) is 10.7. The molecule has 0 amide bonds. The summed E-state index contributed by atoms with van der Waals surface area (Å²) < 4.78 is 0. The maximum atomic E-state index is 5.91. The summed E-state index contributed by atoms with van der Waals surface area (Å²) in [5.41, 5.74) is 3.34. The third kappa shape index (κ3) is 3.47. The van der Waals surface area contributed by atoms with Crippen molar-refractivity contribution in [1.82, 2.24) is 4.98 Å². The number of anilines is 1. The van der Waals surface area contributed by atoms with E-state index in [9.17, 15) is 0 Å². The molecule has 0 bridgehead atoms. The first kappa shape index (κ1) is 12.9. The Kier molecular flexibility index (Phi) is 4.21. The van der Waals surface area contributed by atoms with E-state index in [1.165, 1.54) is 5.56 Å². The van der Waals surface area contributed by atoms with Crippen LogP contribution in [0.5, 0.6) is 0 Å². The second kappa shape index (κ2) is 5.87. The van der Waals surface area contributed by atoms with Crippen molar-refractivity contribution in [3.63, 3.8) is 0 Å². The van der Waals surface area contributed by atoms with Crippen molar-refractivity contribution in [1.29, 1.82) is 0 Å². The van der Waals surface area contributed by atoms with Crippen LogP contribution in [0.15, 0.2) is 42.6 Å². The lowest BCUT2D eigenvalue weighted by molar-refractivity contribution is 0.789. The SMILES string of the molecule is Cc1cc(NC(C)Cc2ccccc2)cnc1Cl. The van der Waals surface area contributed by atoms with Gasteiger partial charge in [0.15, 0.2) is 0 Å². The Morgan fingerprint density at radius 2 is 2.00 bits per heavy atom. The van der Waals surface area contributed by atoms with Gasteiger partial charge in [0.05, 0.1) is 11.9 Å². The molecule has 0 fully saturated rings. The van der Waals surface area contributed by atoms with E-state index in [-0.39, 0.29) is 0 Å². The number of hydrogen-bond acceptors (Lipinski definition) is 2. The number of pyridine rings is 1. The van der Waals surface area contributed by atoms with E-state index in [1.54, 1.807) is 6.20 Å². The monoisotopic (exact) mass is 260 g/mol. The predicted octanol–water partition coefficient (Wildman–Crippen LogP) is 4.09. The van der Waals surface area contributed by atoms with Crippen molar-refractivity contribution in [2.75, 3.05) is 5.32 Å². The van der Waals surface area contributed by atoms with E-state index in [1.807, 2.05) is 19.1 Å². The first-order chi connectivity index (χ1) is 8.65. The topological polar surface area (TPSA) is 24.9 Å². The summed E-state index contributed by atoms with van der Waals surface area (Å²) in [6, 6.07) is 12.8. The highest BCUT2D eigenvalue weighted by atomic mass is 35.5. The van der Waals surface area contributed by atoms with Gasteiger partial charge in [-0.25, -0.2) is 4.98 Å². The van der Waals surface area contributed by atoms with E-state index in [4.69, 9.17) is 11.6 Å². The van der Waals surface area contributed by atoms with Gasteiger partial charge in [-0.2, -0.15) is 0 Å². The van der Waals surface area contributed by atoms with E-state index in [2.05, 4.69) is 41.5 Å². The fraction of sp³-hybridized carbons (Fsp3) is 0.267. The van der Waals surface area contributed by atoms with E-state index >= 15 is 0 Å². The van der Waals surface area contributed by atoms with E-state index < -0.39 is 0 Å². The molecule has 0 saturated carbocycles. The maximum Gasteiger partial charge on any atom is 0.132 e. The molecule has 2 aromatic rings. The summed E-state index contributed by atoms with van der Waals surface area (Å²) in [6.07, 6.45) is 2.76. The summed E-state index contributed by atoms with van der Waals surface area (Å²) in [5, 5.41) is 4.00. The van der Waals surface area contributed by atoms with Gasteiger partial charge in [-0.1, -0.05) is 41.9 Å². The van der Waals surface area contributed by atoms with Crippen molar-refractivity contribution >= 4 is 17.3 Å². The summed E-state index contributed by atoms with van der Waals surface area (Å²) >= 11 is 5.91. The van der Waals surface area contributed by atoms with Crippen LogP contribution in [-0.2, 0) is 6.42 Å². The fourth-order valence-corrected chi connectivity index (χ4v) is 2.04. The molecule has 0 aliphatic heterocycles. The minimum absolute atomic E-state index is 0.356. The Hall–Kier alpha value is -1.54. The van der Waals surface area contributed by atoms with Gasteiger partial charge in [-0.05, 0) is 37.5 Å². The first-order valence-electron chi connectivity index (χ1n) is 6.08. The number of nitrogens with zero attached hydrogens (tertiary/aromatic N) is 1. The van der Waals surface area contributed by atoms with Crippen LogP contribution in [0.25, 0.3) is 0 Å². The van der Waals surface area contributed by atoms with Crippen LogP contribution in [0.4, 0.5) is 5.69 Å². The van der Waals surface area contributed by atoms with Crippen LogP contribution >= 0.6 is 11.6 Å². The van der Waals surface area contributed by atoms with Gasteiger partial charge in [0.25, 0.3) is 0 Å². The molecule has 0 aliphatic carbocycles. The number of nitrogens with one attached hydrogen (secondary N) is 1. The maximum absolute atomic E-state index is 5.91. The molecule has 94 valence electrons. The average Bonchev–Trinajstić information content (AvgIpc) is 2.35. The lowest BCUT2D eigenvalue weighted by atomic mass is 10.1. The van der Waals surface area contributed by atoms with Crippen molar-refractivity contribution in [3.8, 4) is 0 Å². The minimum atomic E-state index is 0.356. The smallest absolute Gasteiger partial charge is 0.132 e. The highest BCUT2D eigenvalue weighted by Gasteiger charge is 2.05. The van der Waals surface area contributed by atoms with Crippen molar-refractivity contribution in [2.45, 2.75) is 26.3 Å². The van der Waals surface area contributed by atoms with Gasteiger partial charge in [0.1, 0.15) is 5.15 Å². The van der Waals surface area contributed by atoms with Crippen molar-refractivity contribution in [3.05, 3.63) is 58.9 Å². The Labute approximate surface area is 113 Å². The molecule has 1 heterocycles. The van der Waals surface area contributed by atoms with Crippen LogP contribution in [0, 0.1) is 6.92 Å². The molecule has 3 heteroatoms. The molecule has 2 nitrogen and oxygen atoms in total. The van der Waals surface area contributed by atoms with Gasteiger partial charge in [0.2, 0.25) is 0 Å². The molecular weight excluding hydrogens is 244 g/mol. The molecule has 0 aliphatic rings. The molecule has 2 rings (SSSR count). The van der Waals surface area contributed by atoms with Crippen LogP contribution in [-0.4, -0.2) is 11.0 Å². The third-order valence-electron chi connectivity index (χ3n) is 2.81. The molecule has 18 heavy (non-hydrogen) atoms. The Morgan fingerprint density at radius 1 is 1.28 bits per heavy atom.